The lowest BCUT2D eigenvalue weighted by molar-refractivity contribution is -0.122. The molecule has 1 heterocycles. The number of piperazine rings is 1. The molecule has 0 radical (unpaired) electrons. The van der Waals surface area contributed by atoms with Crippen LogP contribution in [-0.4, -0.2) is 60.4 Å². The second kappa shape index (κ2) is 9.82. The molecule has 1 unspecified atom stereocenters. The fourth-order valence-corrected chi connectivity index (χ4v) is 3.43. The largest absolute Gasteiger partial charge is 0.325 e. The molecule has 2 amide bonds. The van der Waals surface area contributed by atoms with Crippen LogP contribution in [0.5, 0.6) is 0 Å². The van der Waals surface area contributed by atoms with Gasteiger partial charge in [-0.1, -0.05) is 29.8 Å². The predicted octanol–water partition coefficient (Wildman–Crippen LogP) is 3.06. The summed E-state index contributed by atoms with van der Waals surface area (Å²) in [6.45, 7) is 4.77. The number of anilines is 2. The number of rotatable bonds is 6. The van der Waals surface area contributed by atoms with Crippen molar-refractivity contribution < 1.29 is 14.0 Å². The van der Waals surface area contributed by atoms with Gasteiger partial charge in [0.2, 0.25) is 11.8 Å². The van der Waals surface area contributed by atoms with Crippen molar-refractivity contribution >= 4 is 34.8 Å². The van der Waals surface area contributed by atoms with E-state index in [1.54, 1.807) is 24.3 Å². The molecule has 0 aromatic heterocycles. The van der Waals surface area contributed by atoms with Crippen molar-refractivity contribution in [3.63, 3.8) is 0 Å². The SMILES string of the molecule is CC(C(=O)Nc1cccc(F)c1)N1CCN(CC(=O)Nc2ccccc2Cl)CC1. The Morgan fingerprint density at radius 2 is 1.79 bits per heavy atom. The molecule has 1 aliphatic heterocycles. The lowest BCUT2D eigenvalue weighted by Gasteiger charge is -2.37. The Kier molecular flexibility index (Phi) is 7.19. The van der Waals surface area contributed by atoms with Crippen molar-refractivity contribution in [3.05, 3.63) is 59.4 Å². The van der Waals surface area contributed by atoms with Crippen LogP contribution in [-0.2, 0) is 9.59 Å². The van der Waals surface area contributed by atoms with Gasteiger partial charge >= 0.3 is 0 Å². The van der Waals surface area contributed by atoms with E-state index < -0.39 is 0 Å². The van der Waals surface area contributed by atoms with E-state index in [0.29, 0.717) is 42.6 Å². The molecule has 6 nitrogen and oxygen atoms in total. The zero-order chi connectivity index (χ0) is 20.8. The normalized spacial score (nSPS) is 16.2. The Balaban J connectivity index is 1.45. The van der Waals surface area contributed by atoms with Crippen molar-refractivity contribution in [2.24, 2.45) is 0 Å². The van der Waals surface area contributed by atoms with Crippen LogP contribution < -0.4 is 10.6 Å². The third-order valence-corrected chi connectivity index (χ3v) is 5.27. The molecule has 2 aromatic rings. The molecule has 1 saturated heterocycles. The standard InChI is InChI=1S/C21H24ClFN4O2/c1-15(21(29)24-17-6-4-5-16(23)13-17)27-11-9-26(10-12-27)14-20(28)25-19-8-3-2-7-18(19)22/h2-8,13,15H,9-12,14H2,1H3,(H,24,29)(H,25,28). The second-order valence-corrected chi connectivity index (χ2v) is 7.42. The van der Waals surface area contributed by atoms with Crippen molar-refractivity contribution in [3.8, 4) is 0 Å². The third-order valence-electron chi connectivity index (χ3n) is 4.94. The molecule has 1 aliphatic rings. The van der Waals surface area contributed by atoms with Gasteiger partial charge in [-0.25, -0.2) is 4.39 Å². The number of benzene rings is 2. The van der Waals surface area contributed by atoms with Gasteiger partial charge in [-0.2, -0.15) is 0 Å². The van der Waals surface area contributed by atoms with Crippen LogP contribution in [0.4, 0.5) is 15.8 Å². The van der Waals surface area contributed by atoms with Crippen molar-refractivity contribution in [2.75, 3.05) is 43.4 Å². The summed E-state index contributed by atoms with van der Waals surface area (Å²) in [5, 5.41) is 6.07. The van der Waals surface area contributed by atoms with Gasteiger partial charge in [-0.05, 0) is 37.3 Å². The third kappa shape index (κ3) is 6.00. The van der Waals surface area contributed by atoms with E-state index in [4.69, 9.17) is 11.6 Å². The van der Waals surface area contributed by atoms with E-state index in [-0.39, 0.29) is 30.2 Å². The molecule has 2 N–H and O–H groups in total. The lowest BCUT2D eigenvalue weighted by atomic mass is 10.2. The van der Waals surface area contributed by atoms with Gasteiger partial charge in [0.1, 0.15) is 5.82 Å². The molecular formula is C21H24ClFN4O2. The molecule has 3 rings (SSSR count). The summed E-state index contributed by atoms with van der Waals surface area (Å²) in [6, 6.07) is 12.6. The van der Waals surface area contributed by atoms with Gasteiger partial charge in [0, 0.05) is 31.9 Å². The highest BCUT2D eigenvalue weighted by Gasteiger charge is 2.26. The number of nitrogens with one attached hydrogen (secondary N) is 2. The molecule has 154 valence electrons. The number of hydrogen-bond donors (Lipinski definition) is 2. The monoisotopic (exact) mass is 418 g/mol. The number of carbonyl (C=O) groups is 2. The highest BCUT2D eigenvalue weighted by atomic mass is 35.5. The fraction of sp³-hybridized carbons (Fsp3) is 0.333. The maximum atomic E-state index is 13.3. The van der Waals surface area contributed by atoms with Gasteiger partial charge in [0.25, 0.3) is 0 Å². The first-order valence-electron chi connectivity index (χ1n) is 9.49. The van der Waals surface area contributed by atoms with E-state index in [1.165, 1.54) is 12.1 Å². The molecular weight excluding hydrogens is 395 g/mol. The molecule has 8 heteroatoms. The minimum atomic E-state index is -0.390. The van der Waals surface area contributed by atoms with Crippen molar-refractivity contribution in [1.82, 2.24) is 9.80 Å². The van der Waals surface area contributed by atoms with E-state index in [1.807, 2.05) is 24.0 Å². The minimum absolute atomic E-state index is 0.122. The molecule has 0 aliphatic carbocycles. The topological polar surface area (TPSA) is 64.7 Å². The summed E-state index contributed by atoms with van der Waals surface area (Å²) in [5.74, 6) is -0.692. The van der Waals surface area contributed by atoms with E-state index >= 15 is 0 Å². The lowest BCUT2D eigenvalue weighted by Crippen LogP contribution is -2.53. The van der Waals surface area contributed by atoms with Crippen molar-refractivity contribution in [2.45, 2.75) is 13.0 Å². The first-order chi connectivity index (χ1) is 13.9. The number of para-hydroxylation sites is 1. The van der Waals surface area contributed by atoms with Gasteiger partial charge in [0.05, 0.1) is 23.3 Å². The van der Waals surface area contributed by atoms with Gasteiger partial charge < -0.3 is 10.6 Å². The van der Waals surface area contributed by atoms with E-state index in [9.17, 15) is 14.0 Å². The predicted molar refractivity (Wildman–Crippen MR) is 113 cm³/mol. The smallest absolute Gasteiger partial charge is 0.241 e. The Bertz CT molecular complexity index is 871. The maximum absolute atomic E-state index is 13.3. The van der Waals surface area contributed by atoms with Crippen LogP contribution in [0.25, 0.3) is 0 Å². The summed E-state index contributed by atoms with van der Waals surface area (Å²) in [4.78, 5) is 28.8. The Hall–Kier alpha value is -2.48. The van der Waals surface area contributed by atoms with E-state index in [2.05, 4.69) is 15.5 Å². The van der Waals surface area contributed by atoms with Crippen LogP contribution in [0, 0.1) is 5.82 Å². The summed E-state index contributed by atoms with van der Waals surface area (Å²) in [5.41, 5.74) is 1.04. The van der Waals surface area contributed by atoms with Crippen LogP contribution in [0.3, 0.4) is 0 Å². The number of halogens is 2. The highest BCUT2D eigenvalue weighted by molar-refractivity contribution is 6.33. The average molecular weight is 419 g/mol. The van der Waals surface area contributed by atoms with Gasteiger partial charge in [0.15, 0.2) is 0 Å². The number of nitrogens with zero attached hydrogens (tertiary/aromatic N) is 2. The molecule has 0 spiro atoms. The Labute approximate surface area is 174 Å². The van der Waals surface area contributed by atoms with Crippen LogP contribution in [0.15, 0.2) is 48.5 Å². The zero-order valence-electron chi connectivity index (χ0n) is 16.2. The zero-order valence-corrected chi connectivity index (χ0v) is 17.0. The van der Waals surface area contributed by atoms with Crippen LogP contribution in [0.2, 0.25) is 5.02 Å². The molecule has 29 heavy (non-hydrogen) atoms. The first kappa shape index (κ1) is 21.2. The van der Waals surface area contributed by atoms with Crippen LogP contribution >= 0.6 is 11.6 Å². The molecule has 0 bridgehead atoms. The number of carbonyl (C=O) groups excluding carboxylic acids is 2. The minimum Gasteiger partial charge on any atom is -0.325 e. The number of hydrogen-bond acceptors (Lipinski definition) is 4. The molecule has 2 aromatic carbocycles. The highest BCUT2D eigenvalue weighted by Crippen LogP contribution is 2.20. The summed E-state index contributed by atoms with van der Waals surface area (Å²) >= 11 is 6.07. The molecule has 1 atom stereocenters. The van der Waals surface area contributed by atoms with Crippen LogP contribution in [0.1, 0.15) is 6.92 Å². The van der Waals surface area contributed by atoms with Gasteiger partial charge in [-0.15, -0.1) is 0 Å². The summed E-state index contributed by atoms with van der Waals surface area (Å²) < 4.78 is 13.3. The quantitative estimate of drug-likeness (QED) is 0.756. The first-order valence-corrected chi connectivity index (χ1v) is 9.87. The maximum Gasteiger partial charge on any atom is 0.241 e. The van der Waals surface area contributed by atoms with Crippen molar-refractivity contribution in [1.29, 1.82) is 0 Å². The molecule has 0 saturated carbocycles. The average Bonchev–Trinajstić information content (AvgIpc) is 2.70. The fourth-order valence-electron chi connectivity index (χ4n) is 3.24. The second-order valence-electron chi connectivity index (χ2n) is 7.02. The Morgan fingerprint density at radius 1 is 1.07 bits per heavy atom. The number of amides is 2. The summed E-state index contributed by atoms with van der Waals surface area (Å²) in [6.07, 6.45) is 0. The van der Waals surface area contributed by atoms with Gasteiger partial charge in [-0.3, -0.25) is 19.4 Å². The van der Waals surface area contributed by atoms with E-state index in [0.717, 1.165) is 0 Å². The Morgan fingerprint density at radius 3 is 2.48 bits per heavy atom. The molecule has 1 fully saturated rings. The summed E-state index contributed by atoms with van der Waals surface area (Å²) in [7, 11) is 0.